The number of carbonyl (C=O) groups is 1. The fraction of sp³-hybridized carbons (Fsp3) is 0.750. The van der Waals surface area contributed by atoms with E-state index in [4.69, 9.17) is 5.26 Å². The maximum atomic E-state index is 11.2. The lowest BCUT2D eigenvalue weighted by Crippen LogP contribution is -2.28. The van der Waals surface area contributed by atoms with E-state index in [1.165, 1.54) is 4.90 Å². The topological polar surface area (TPSA) is 44.1 Å². The van der Waals surface area contributed by atoms with Crippen LogP contribution in [-0.2, 0) is 4.79 Å². The molecule has 0 radical (unpaired) electrons. The van der Waals surface area contributed by atoms with E-state index in [1.54, 1.807) is 14.1 Å². The van der Waals surface area contributed by atoms with Gasteiger partial charge in [0, 0.05) is 14.1 Å². The molecule has 0 aromatic heterocycles. The third-order valence-electron chi connectivity index (χ3n) is 1.47. The van der Waals surface area contributed by atoms with Crippen LogP contribution in [0.15, 0.2) is 0 Å². The zero-order chi connectivity index (χ0) is 8.85. The Labute approximate surface area is 67.6 Å². The summed E-state index contributed by atoms with van der Waals surface area (Å²) in [6.45, 7) is 1.97. The van der Waals surface area contributed by atoms with Crippen molar-refractivity contribution in [2.24, 2.45) is 5.92 Å². The highest BCUT2D eigenvalue weighted by Crippen LogP contribution is 2.06. The molecule has 0 aromatic carbocycles. The van der Waals surface area contributed by atoms with E-state index in [-0.39, 0.29) is 5.91 Å². The van der Waals surface area contributed by atoms with Crippen molar-refractivity contribution in [3.63, 3.8) is 0 Å². The Kier molecular flexibility index (Phi) is 4.28. The van der Waals surface area contributed by atoms with Gasteiger partial charge < -0.3 is 4.90 Å². The van der Waals surface area contributed by atoms with E-state index in [0.717, 1.165) is 6.42 Å². The van der Waals surface area contributed by atoms with Crippen LogP contribution in [0.4, 0.5) is 0 Å². The minimum absolute atomic E-state index is 0.0886. The van der Waals surface area contributed by atoms with Crippen molar-refractivity contribution < 1.29 is 4.79 Å². The molecule has 11 heavy (non-hydrogen) atoms. The van der Waals surface area contributed by atoms with Gasteiger partial charge in [-0.15, -0.1) is 0 Å². The summed E-state index contributed by atoms with van der Waals surface area (Å²) in [4.78, 5) is 12.6. The molecule has 0 aliphatic rings. The summed E-state index contributed by atoms with van der Waals surface area (Å²) in [7, 11) is 3.34. The minimum atomic E-state index is -0.449. The zero-order valence-electron chi connectivity index (χ0n) is 7.29. The van der Waals surface area contributed by atoms with Crippen LogP contribution in [0, 0.1) is 17.2 Å². The lowest BCUT2D eigenvalue weighted by Gasteiger charge is -2.13. The van der Waals surface area contributed by atoms with Gasteiger partial charge in [0.15, 0.2) is 0 Å². The van der Waals surface area contributed by atoms with Crippen LogP contribution in [0.5, 0.6) is 0 Å². The summed E-state index contributed by atoms with van der Waals surface area (Å²) in [5.41, 5.74) is 0. The first-order valence-electron chi connectivity index (χ1n) is 3.74. The highest BCUT2D eigenvalue weighted by atomic mass is 16.2. The lowest BCUT2D eigenvalue weighted by molar-refractivity contribution is -0.131. The molecule has 0 N–H and O–H groups in total. The van der Waals surface area contributed by atoms with Crippen LogP contribution >= 0.6 is 0 Å². The summed E-state index contributed by atoms with van der Waals surface area (Å²) in [6, 6.07) is 1.99. The molecule has 0 spiro atoms. The molecular formula is C8H14N2O. The van der Waals surface area contributed by atoms with Crippen LogP contribution in [-0.4, -0.2) is 24.9 Å². The molecule has 0 heterocycles. The van der Waals surface area contributed by atoms with Gasteiger partial charge in [-0.25, -0.2) is 0 Å². The average Bonchev–Trinajstić information content (AvgIpc) is 1.98. The summed E-state index contributed by atoms with van der Waals surface area (Å²) in [5.74, 6) is -0.538. The molecule has 1 atom stereocenters. The van der Waals surface area contributed by atoms with Gasteiger partial charge in [-0.2, -0.15) is 5.26 Å². The van der Waals surface area contributed by atoms with E-state index in [1.807, 2.05) is 13.0 Å². The van der Waals surface area contributed by atoms with Crippen molar-refractivity contribution in [2.75, 3.05) is 14.1 Å². The van der Waals surface area contributed by atoms with Crippen molar-refractivity contribution in [3.05, 3.63) is 0 Å². The molecule has 0 saturated heterocycles. The van der Waals surface area contributed by atoms with Crippen LogP contribution in [0.1, 0.15) is 19.8 Å². The molecular weight excluding hydrogens is 140 g/mol. The third-order valence-corrected chi connectivity index (χ3v) is 1.47. The molecule has 0 aliphatic carbocycles. The molecule has 3 heteroatoms. The Bertz CT molecular complexity index is 169. The normalized spacial score (nSPS) is 11.8. The van der Waals surface area contributed by atoms with Gasteiger partial charge in [0.25, 0.3) is 0 Å². The quantitative estimate of drug-likeness (QED) is 0.609. The molecule has 0 bridgehead atoms. The Balaban J connectivity index is 4.06. The number of carbonyl (C=O) groups excluding carboxylic acids is 1. The Morgan fingerprint density at radius 3 is 2.45 bits per heavy atom. The van der Waals surface area contributed by atoms with Gasteiger partial charge in [-0.1, -0.05) is 13.3 Å². The maximum absolute atomic E-state index is 11.2. The lowest BCUT2D eigenvalue weighted by atomic mass is 10.0. The van der Waals surface area contributed by atoms with Gasteiger partial charge in [0.05, 0.1) is 6.07 Å². The van der Waals surface area contributed by atoms with Crippen molar-refractivity contribution >= 4 is 5.91 Å². The number of rotatable bonds is 3. The number of hydrogen-bond donors (Lipinski definition) is 0. The fourth-order valence-electron chi connectivity index (χ4n) is 0.844. The van der Waals surface area contributed by atoms with Crippen LogP contribution in [0.3, 0.4) is 0 Å². The van der Waals surface area contributed by atoms with E-state index < -0.39 is 5.92 Å². The minimum Gasteiger partial charge on any atom is -0.348 e. The average molecular weight is 154 g/mol. The van der Waals surface area contributed by atoms with Crippen molar-refractivity contribution in [2.45, 2.75) is 19.8 Å². The number of nitriles is 1. The Hall–Kier alpha value is -1.04. The predicted molar refractivity (Wildman–Crippen MR) is 42.7 cm³/mol. The van der Waals surface area contributed by atoms with Crippen LogP contribution in [0.2, 0.25) is 0 Å². The van der Waals surface area contributed by atoms with Gasteiger partial charge >= 0.3 is 0 Å². The zero-order valence-corrected chi connectivity index (χ0v) is 7.29. The maximum Gasteiger partial charge on any atom is 0.239 e. The molecule has 62 valence electrons. The van der Waals surface area contributed by atoms with Crippen LogP contribution < -0.4 is 0 Å². The van der Waals surface area contributed by atoms with Gasteiger partial charge in [-0.3, -0.25) is 4.79 Å². The van der Waals surface area contributed by atoms with E-state index >= 15 is 0 Å². The monoisotopic (exact) mass is 154 g/mol. The second-order valence-electron chi connectivity index (χ2n) is 2.70. The number of hydrogen-bond acceptors (Lipinski definition) is 2. The third kappa shape index (κ3) is 3.03. The van der Waals surface area contributed by atoms with Gasteiger partial charge in [-0.05, 0) is 6.42 Å². The summed E-state index contributed by atoms with van der Waals surface area (Å²) >= 11 is 0. The Morgan fingerprint density at radius 2 is 2.18 bits per heavy atom. The summed E-state index contributed by atoms with van der Waals surface area (Å²) in [5, 5.41) is 8.58. The molecule has 0 saturated carbocycles. The molecule has 0 rings (SSSR count). The molecule has 1 amide bonds. The predicted octanol–water partition coefficient (Wildman–Crippen LogP) is 1.01. The number of nitrogens with zero attached hydrogens (tertiary/aromatic N) is 2. The van der Waals surface area contributed by atoms with Gasteiger partial charge in [0.2, 0.25) is 5.91 Å². The van der Waals surface area contributed by atoms with Crippen molar-refractivity contribution in [1.29, 1.82) is 5.26 Å². The standard InChI is InChI=1S/C8H14N2O/c1-4-5-7(6-9)8(11)10(2)3/h7H,4-5H2,1-3H3. The second-order valence-corrected chi connectivity index (χ2v) is 2.70. The van der Waals surface area contributed by atoms with Gasteiger partial charge in [0.1, 0.15) is 5.92 Å². The van der Waals surface area contributed by atoms with Crippen LogP contribution in [0.25, 0.3) is 0 Å². The fourth-order valence-corrected chi connectivity index (χ4v) is 0.844. The first-order valence-corrected chi connectivity index (χ1v) is 3.74. The Morgan fingerprint density at radius 1 is 1.64 bits per heavy atom. The van der Waals surface area contributed by atoms with E-state index in [0.29, 0.717) is 6.42 Å². The second kappa shape index (κ2) is 4.73. The largest absolute Gasteiger partial charge is 0.348 e. The summed E-state index contributed by atoms with van der Waals surface area (Å²) < 4.78 is 0. The summed E-state index contributed by atoms with van der Waals surface area (Å²) in [6.07, 6.45) is 1.53. The molecule has 3 nitrogen and oxygen atoms in total. The molecule has 0 aromatic rings. The smallest absolute Gasteiger partial charge is 0.239 e. The highest BCUT2D eigenvalue weighted by molar-refractivity contribution is 5.80. The first-order chi connectivity index (χ1) is 5.13. The number of amides is 1. The highest BCUT2D eigenvalue weighted by Gasteiger charge is 2.17. The van der Waals surface area contributed by atoms with Crippen molar-refractivity contribution in [3.8, 4) is 6.07 Å². The molecule has 0 fully saturated rings. The molecule has 1 unspecified atom stereocenters. The van der Waals surface area contributed by atoms with Crippen molar-refractivity contribution in [1.82, 2.24) is 4.90 Å². The van der Waals surface area contributed by atoms with E-state index in [9.17, 15) is 4.79 Å². The van der Waals surface area contributed by atoms with E-state index in [2.05, 4.69) is 0 Å². The SMILES string of the molecule is CCCC(C#N)C(=O)N(C)C. The molecule has 0 aliphatic heterocycles. The first kappa shape index (κ1) is 9.96.